The minimum absolute atomic E-state index is 0.0762. The summed E-state index contributed by atoms with van der Waals surface area (Å²) in [4.78, 5) is 41.8. The smallest absolute Gasteiger partial charge is 0.324 e. The number of phenolic OH excluding ortho intramolecular Hbond substituents is 1. The van der Waals surface area contributed by atoms with Crippen LogP contribution in [0.5, 0.6) is 5.75 Å². The molecule has 2 aromatic carbocycles. The number of nitrogens with zero attached hydrogens (tertiary/aromatic N) is 5. The summed E-state index contributed by atoms with van der Waals surface area (Å²) in [7, 11) is 0. The molecule has 3 rings (SSSR count). The lowest BCUT2D eigenvalue weighted by Gasteiger charge is -1.99. The van der Waals surface area contributed by atoms with Crippen molar-refractivity contribution in [3.63, 3.8) is 0 Å². The Kier molecular flexibility index (Phi) is 6.48. The highest BCUT2D eigenvalue weighted by Gasteiger charge is 2.30. The van der Waals surface area contributed by atoms with E-state index in [-0.39, 0.29) is 5.69 Å². The second kappa shape index (κ2) is 9.00. The number of hydrogen-bond donors (Lipinski definition) is 1. The van der Waals surface area contributed by atoms with Gasteiger partial charge in [0.1, 0.15) is 6.61 Å². The Morgan fingerprint density at radius 1 is 0.800 bits per heavy atom. The van der Waals surface area contributed by atoms with E-state index in [2.05, 4.69) is 4.99 Å². The Morgan fingerprint density at radius 2 is 1.30 bits per heavy atom. The van der Waals surface area contributed by atoms with E-state index in [1.54, 1.807) is 12.1 Å². The van der Waals surface area contributed by atoms with Gasteiger partial charge in [-0.15, -0.1) is 0 Å². The second-order valence-electron chi connectivity index (χ2n) is 5.44. The van der Waals surface area contributed by atoms with Crippen molar-refractivity contribution >= 4 is 28.6 Å². The molecule has 1 aliphatic heterocycles. The summed E-state index contributed by atoms with van der Waals surface area (Å²) in [6, 6.07) is 7.06. The highest BCUT2D eigenvalue weighted by molar-refractivity contribution is 5.95. The lowest BCUT2D eigenvalue weighted by Crippen LogP contribution is -2.00. The van der Waals surface area contributed by atoms with E-state index >= 15 is 0 Å². The van der Waals surface area contributed by atoms with Crippen LogP contribution in [0.3, 0.4) is 0 Å². The standard InChI is InChI=1S/C9H8N2O3.C6H3N3O7/c12-11(13)8-3-1-7(2-4-8)9-10-5-6-14-9;10-6-4(8(13)14)1-3(7(11)12)2-5(6)9(15)16/h1-4H,5-6H2;1-2,10H. The van der Waals surface area contributed by atoms with Crippen LogP contribution in [0.25, 0.3) is 0 Å². The van der Waals surface area contributed by atoms with Gasteiger partial charge in [-0.05, 0) is 12.1 Å². The average Bonchev–Trinajstić information content (AvgIpc) is 3.23. The molecule has 15 heteroatoms. The average molecular weight is 421 g/mol. The molecule has 0 atom stereocenters. The van der Waals surface area contributed by atoms with Crippen LogP contribution in [-0.2, 0) is 4.74 Å². The summed E-state index contributed by atoms with van der Waals surface area (Å²) < 4.78 is 5.22. The van der Waals surface area contributed by atoms with Crippen molar-refractivity contribution in [3.8, 4) is 5.75 Å². The van der Waals surface area contributed by atoms with Crippen LogP contribution < -0.4 is 0 Å². The molecule has 1 aliphatic rings. The zero-order valence-corrected chi connectivity index (χ0v) is 14.7. The van der Waals surface area contributed by atoms with E-state index in [0.717, 1.165) is 5.56 Å². The van der Waals surface area contributed by atoms with Gasteiger partial charge in [0, 0.05) is 17.7 Å². The van der Waals surface area contributed by atoms with Gasteiger partial charge in [-0.1, -0.05) is 0 Å². The van der Waals surface area contributed by atoms with Crippen LogP contribution in [0.2, 0.25) is 0 Å². The van der Waals surface area contributed by atoms with Crippen LogP contribution in [-0.4, -0.2) is 43.8 Å². The lowest BCUT2D eigenvalue weighted by molar-refractivity contribution is -0.404. The largest absolute Gasteiger partial charge is 0.497 e. The van der Waals surface area contributed by atoms with Crippen LogP contribution >= 0.6 is 0 Å². The molecule has 156 valence electrons. The van der Waals surface area contributed by atoms with Crippen LogP contribution in [0.4, 0.5) is 22.7 Å². The number of hydrogen-bond acceptors (Lipinski definition) is 11. The van der Waals surface area contributed by atoms with Gasteiger partial charge in [0.15, 0.2) is 0 Å². The Bertz CT molecular complexity index is 1020. The van der Waals surface area contributed by atoms with Gasteiger partial charge in [-0.2, -0.15) is 0 Å². The first-order chi connectivity index (χ1) is 14.1. The first-order valence-electron chi connectivity index (χ1n) is 7.84. The maximum Gasteiger partial charge on any atom is 0.324 e. The summed E-state index contributed by atoms with van der Waals surface area (Å²) in [6.45, 7) is 1.25. The zero-order valence-electron chi connectivity index (χ0n) is 14.7. The van der Waals surface area contributed by atoms with E-state index in [9.17, 15) is 40.5 Å². The van der Waals surface area contributed by atoms with Crippen molar-refractivity contribution < 1.29 is 29.5 Å². The first-order valence-corrected chi connectivity index (χ1v) is 7.84. The van der Waals surface area contributed by atoms with E-state index in [4.69, 9.17) is 9.84 Å². The molecule has 0 saturated carbocycles. The molecule has 0 fully saturated rings. The highest BCUT2D eigenvalue weighted by atomic mass is 16.6. The van der Waals surface area contributed by atoms with Crippen molar-refractivity contribution in [2.24, 2.45) is 4.99 Å². The number of aromatic hydroxyl groups is 1. The minimum Gasteiger partial charge on any atom is -0.497 e. The van der Waals surface area contributed by atoms with Crippen LogP contribution in [0.1, 0.15) is 5.56 Å². The number of phenols is 1. The quantitative estimate of drug-likeness (QED) is 0.549. The van der Waals surface area contributed by atoms with E-state index in [0.29, 0.717) is 31.2 Å². The van der Waals surface area contributed by atoms with Crippen molar-refractivity contribution in [2.75, 3.05) is 13.2 Å². The van der Waals surface area contributed by atoms with Gasteiger partial charge in [0.25, 0.3) is 17.1 Å². The van der Waals surface area contributed by atoms with Crippen molar-refractivity contribution in [1.29, 1.82) is 0 Å². The van der Waals surface area contributed by atoms with Gasteiger partial charge in [-0.25, -0.2) is 4.99 Å². The summed E-state index contributed by atoms with van der Waals surface area (Å²) in [5, 5.41) is 50.6. The third-order valence-corrected chi connectivity index (χ3v) is 3.57. The highest BCUT2D eigenvalue weighted by Crippen LogP contribution is 2.38. The van der Waals surface area contributed by atoms with E-state index < -0.39 is 42.5 Å². The second-order valence-corrected chi connectivity index (χ2v) is 5.44. The Balaban J connectivity index is 0.000000215. The molecular weight excluding hydrogens is 410 g/mol. The topological polar surface area (TPSA) is 214 Å². The van der Waals surface area contributed by atoms with Crippen LogP contribution in [0, 0.1) is 40.5 Å². The normalized spacial score (nSPS) is 12.1. The fraction of sp³-hybridized carbons (Fsp3) is 0.133. The molecule has 15 nitrogen and oxygen atoms in total. The molecule has 0 radical (unpaired) electrons. The minimum atomic E-state index is -1.21. The van der Waals surface area contributed by atoms with Gasteiger partial charge < -0.3 is 9.84 Å². The predicted molar refractivity (Wildman–Crippen MR) is 98.5 cm³/mol. The third kappa shape index (κ3) is 4.97. The zero-order chi connectivity index (χ0) is 22.4. The molecule has 0 saturated heterocycles. The number of non-ortho nitro benzene ring substituents is 2. The first kappa shape index (κ1) is 21.6. The molecule has 0 unspecified atom stereocenters. The van der Waals surface area contributed by atoms with Crippen LogP contribution in [0.15, 0.2) is 41.4 Å². The number of nitro groups is 4. The van der Waals surface area contributed by atoms with E-state index in [1.165, 1.54) is 12.1 Å². The van der Waals surface area contributed by atoms with Gasteiger partial charge in [0.05, 0.1) is 38.4 Å². The maximum absolute atomic E-state index is 10.4. The molecule has 0 aliphatic carbocycles. The van der Waals surface area contributed by atoms with Gasteiger partial charge >= 0.3 is 11.4 Å². The Morgan fingerprint density at radius 3 is 1.67 bits per heavy atom. The fourth-order valence-corrected chi connectivity index (χ4v) is 2.21. The molecule has 1 N–H and O–H groups in total. The summed E-state index contributed by atoms with van der Waals surface area (Å²) in [5.74, 6) is -0.638. The summed E-state index contributed by atoms with van der Waals surface area (Å²) in [6.07, 6.45) is 0. The lowest BCUT2D eigenvalue weighted by atomic mass is 10.2. The SMILES string of the molecule is O=[N+]([O-])c1cc([N+](=O)[O-])c(O)c([N+](=O)[O-])c1.O=[N+]([O-])c1ccc(C2=NCCO2)cc1. The molecule has 30 heavy (non-hydrogen) atoms. The number of benzene rings is 2. The number of nitro benzene ring substituents is 4. The Hall–Kier alpha value is -4.69. The molecular formula is C15H11N5O10. The monoisotopic (exact) mass is 421 g/mol. The maximum atomic E-state index is 10.4. The van der Waals surface area contributed by atoms with Crippen molar-refractivity contribution in [1.82, 2.24) is 0 Å². The fourth-order valence-electron chi connectivity index (χ4n) is 2.21. The molecule has 0 amide bonds. The number of rotatable bonds is 5. The molecule has 2 aromatic rings. The van der Waals surface area contributed by atoms with Gasteiger partial charge in [0.2, 0.25) is 5.90 Å². The number of aliphatic imine (C=N–C) groups is 1. The molecule has 0 bridgehead atoms. The van der Waals surface area contributed by atoms with Gasteiger partial charge in [-0.3, -0.25) is 40.5 Å². The van der Waals surface area contributed by atoms with E-state index in [1.807, 2.05) is 0 Å². The van der Waals surface area contributed by atoms with Crippen molar-refractivity contribution in [3.05, 3.63) is 82.4 Å². The van der Waals surface area contributed by atoms with Crippen molar-refractivity contribution in [2.45, 2.75) is 0 Å². The molecule has 1 heterocycles. The Labute approximate surface area is 165 Å². The summed E-state index contributed by atoms with van der Waals surface area (Å²) in [5.41, 5.74) is -2.14. The summed E-state index contributed by atoms with van der Waals surface area (Å²) >= 11 is 0. The molecule has 0 spiro atoms. The predicted octanol–water partition coefficient (Wildman–Crippen LogP) is 2.49. The molecule has 0 aromatic heterocycles. The number of ether oxygens (including phenoxy) is 1. The third-order valence-electron chi connectivity index (χ3n) is 3.57.